The number of carbonyl (C=O) groups is 2. The summed E-state index contributed by atoms with van der Waals surface area (Å²) in [6.45, 7) is 0. The van der Waals surface area contributed by atoms with Gasteiger partial charge in [0.1, 0.15) is 0 Å². The third kappa shape index (κ3) is 1.40. The molecule has 0 aromatic carbocycles. The van der Waals surface area contributed by atoms with Crippen molar-refractivity contribution in [3.63, 3.8) is 0 Å². The summed E-state index contributed by atoms with van der Waals surface area (Å²) in [6.07, 6.45) is 2.11. The van der Waals surface area contributed by atoms with Crippen molar-refractivity contribution in [2.75, 3.05) is 0 Å². The summed E-state index contributed by atoms with van der Waals surface area (Å²) in [6, 6.07) is 4.84. The maximum Gasteiger partial charge on any atom is 0.229 e. The minimum Gasteiger partial charge on any atom is -0.461 e. The highest BCUT2D eigenvalue weighted by Crippen LogP contribution is 2.18. The molecule has 4 heteroatoms. The Kier molecular flexibility index (Phi) is 2.28. The van der Waals surface area contributed by atoms with Crippen molar-refractivity contribution < 1.29 is 14.0 Å². The first kappa shape index (κ1) is 8.90. The van der Waals surface area contributed by atoms with E-state index in [-0.39, 0.29) is 11.5 Å². The van der Waals surface area contributed by atoms with Gasteiger partial charge in [0.15, 0.2) is 12.0 Å². The first-order valence-electron chi connectivity index (χ1n) is 3.94. The SMILES string of the molecule is O=Cc1sccc1C(=O)c1ccco1. The zero-order chi connectivity index (χ0) is 9.97. The molecule has 0 bridgehead atoms. The van der Waals surface area contributed by atoms with Gasteiger partial charge in [0.2, 0.25) is 5.78 Å². The molecule has 2 rings (SSSR count). The Morgan fingerprint density at radius 2 is 2.29 bits per heavy atom. The number of carbonyl (C=O) groups excluding carboxylic acids is 2. The average Bonchev–Trinajstić information content (AvgIpc) is 2.87. The van der Waals surface area contributed by atoms with Gasteiger partial charge < -0.3 is 4.42 Å². The Morgan fingerprint density at radius 3 is 2.93 bits per heavy atom. The molecule has 2 aromatic rings. The van der Waals surface area contributed by atoms with E-state index in [4.69, 9.17) is 4.42 Å². The predicted molar refractivity (Wildman–Crippen MR) is 51.8 cm³/mol. The van der Waals surface area contributed by atoms with E-state index in [2.05, 4.69) is 0 Å². The van der Waals surface area contributed by atoms with Crippen LogP contribution in [0.2, 0.25) is 0 Å². The van der Waals surface area contributed by atoms with Crippen molar-refractivity contribution in [2.24, 2.45) is 0 Å². The standard InChI is InChI=1S/C10H6O3S/c11-6-9-7(3-5-14-9)10(12)8-2-1-4-13-8/h1-6H. The van der Waals surface area contributed by atoms with E-state index in [1.807, 2.05) is 0 Å². The van der Waals surface area contributed by atoms with E-state index in [9.17, 15) is 9.59 Å². The molecule has 0 aliphatic heterocycles. The van der Waals surface area contributed by atoms with Crippen LogP contribution in [-0.4, -0.2) is 12.1 Å². The van der Waals surface area contributed by atoms with Crippen molar-refractivity contribution in [1.82, 2.24) is 0 Å². The van der Waals surface area contributed by atoms with Crippen LogP contribution in [0.4, 0.5) is 0 Å². The predicted octanol–water partition coefficient (Wildman–Crippen LogP) is 2.38. The Bertz CT molecular complexity index is 453. The molecule has 2 heterocycles. The number of hydrogen-bond acceptors (Lipinski definition) is 4. The van der Waals surface area contributed by atoms with Gasteiger partial charge in [0, 0.05) is 5.56 Å². The molecule has 0 fully saturated rings. The Hall–Kier alpha value is -1.68. The second-order valence-electron chi connectivity index (χ2n) is 2.62. The molecule has 3 nitrogen and oxygen atoms in total. The van der Waals surface area contributed by atoms with Gasteiger partial charge in [-0.3, -0.25) is 9.59 Å². The van der Waals surface area contributed by atoms with Gasteiger partial charge in [-0.1, -0.05) is 0 Å². The number of furan rings is 1. The zero-order valence-corrected chi connectivity index (χ0v) is 7.91. The molecule has 0 saturated carbocycles. The monoisotopic (exact) mass is 206 g/mol. The second-order valence-corrected chi connectivity index (χ2v) is 3.57. The number of aldehydes is 1. The van der Waals surface area contributed by atoms with Crippen molar-refractivity contribution >= 4 is 23.4 Å². The Balaban J connectivity index is 2.41. The van der Waals surface area contributed by atoms with E-state index in [0.717, 1.165) is 0 Å². The number of rotatable bonds is 3. The largest absolute Gasteiger partial charge is 0.461 e. The lowest BCUT2D eigenvalue weighted by atomic mass is 10.1. The van der Waals surface area contributed by atoms with Crippen LogP contribution in [-0.2, 0) is 0 Å². The maximum absolute atomic E-state index is 11.7. The second kappa shape index (κ2) is 3.59. The van der Waals surface area contributed by atoms with Crippen LogP contribution in [0, 0.1) is 0 Å². The van der Waals surface area contributed by atoms with Gasteiger partial charge in [-0.25, -0.2) is 0 Å². The number of thiophene rings is 1. The highest BCUT2D eigenvalue weighted by atomic mass is 32.1. The summed E-state index contributed by atoms with van der Waals surface area (Å²) in [5, 5.41) is 1.71. The van der Waals surface area contributed by atoms with Crippen LogP contribution in [0.25, 0.3) is 0 Å². The third-order valence-electron chi connectivity index (χ3n) is 1.79. The molecule has 0 amide bonds. The molecule has 0 aliphatic carbocycles. The Labute approximate surface area is 84.0 Å². The molecule has 0 aliphatic rings. The van der Waals surface area contributed by atoms with Gasteiger partial charge in [-0.15, -0.1) is 11.3 Å². The molecule has 0 radical (unpaired) electrons. The normalized spacial score (nSPS) is 10.0. The van der Waals surface area contributed by atoms with Gasteiger partial charge in [0.05, 0.1) is 11.1 Å². The fraction of sp³-hybridized carbons (Fsp3) is 0. The molecule has 0 unspecified atom stereocenters. The quantitative estimate of drug-likeness (QED) is 0.572. The summed E-state index contributed by atoms with van der Waals surface area (Å²) in [5.74, 6) is 0.00449. The summed E-state index contributed by atoms with van der Waals surface area (Å²) >= 11 is 1.24. The molecule has 2 aromatic heterocycles. The summed E-state index contributed by atoms with van der Waals surface area (Å²) in [4.78, 5) is 22.7. The van der Waals surface area contributed by atoms with E-state index in [0.29, 0.717) is 16.7 Å². The highest BCUT2D eigenvalue weighted by Gasteiger charge is 2.16. The Morgan fingerprint density at radius 1 is 1.43 bits per heavy atom. The minimum absolute atomic E-state index is 0.252. The van der Waals surface area contributed by atoms with Crippen molar-refractivity contribution in [3.05, 3.63) is 46.0 Å². The van der Waals surface area contributed by atoms with Crippen molar-refractivity contribution in [2.45, 2.75) is 0 Å². The first-order valence-corrected chi connectivity index (χ1v) is 4.82. The van der Waals surface area contributed by atoms with Crippen LogP contribution in [0.1, 0.15) is 25.8 Å². The minimum atomic E-state index is -0.252. The van der Waals surface area contributed by atoms with Crippen molar-refractivity contribution in [3.8, 4) is 0 Å². The van der Waals surface area contributed by atoms with Crippen LogP contribution in [0.5, 0.6) is 0 Å². The molecule has 70 valence electrons. The van der Waals surface area contributed by atoms with Crippen molar-refractivity contribution in [1.29, 1.82) is 0 Å². The molecule has 0 N–H and O–H groups in total. The van der Waals surface area contributed by atoms with Gasteiger partial charge in [-0.05, 0) is 23.6 Å². The van der Waals surface area contributed by atoms with Crippen LogP contribution in [0.3, 0.4) is 0 Å². The summed E-state index contributed by atoms with van der Waals surface area (Å²) in [7, 11) is 0. The smallest absolute Gasteiger partial charge is 0.229 e. The summed E-state index contributed by atoms with van der Waals surface area (Å²) < 4.78 is 4.96. The number of hydrogen-bond donors (Lipinski definition) is 0. The lowest BCUT2D eigenvalue weighted by Crippen LogP contribution is -2.00. The molecular weight excluding hydrogens is 200 g/mol. The van der Waals surface area contributed by atoms with Crippen LogP contribution >= 0.6 is 11.3 Å². The van der Waals surface area contributed by atoms with Crippen LogP contribution < -0.4 is 0 Å². The van der Waals surface area contributed by atoms with E-state index < -0.39 is 0 Å². The summed E-state index contributed by atoms with van der Waals surface area (Å²) in [5.41, 5.74) is 0.403. The average molecular weight is 206 g/mol. The van der Waals surface area contributed by atoms with Crippen LogP contribution in [0.15, 0.2) is 34.3 Å². The maximum atomic E-state index is 11.7. The van der Waals surface area contributed by atoms with Gasteiger partial charge in [-0.2, -0.15) is 0 Å². The first-order chi connectivity index (χ1) is 6.83. The lowest BCUT2D eigenvalue weighted by Gasteiger charge is -1.93. The third-order valence-corrected chi connectivity index (χ3v) is 2.63. The lowest BCUT2D eigenvalue weighted by molar-refractivity contribution is 0.100. The van der Waals surface area contributed by atoms with Gasteiger partial charge >= 0.3 is 0 Å². The van der Waals surface area contributed by atoms with E-state index in [1.165, 1.54) is 17.6 Å². The molecule has 0 spiro atoms. The fourth-order valence-electron chi connectivity index (χ4n) is 1.14. The molecular formula is C10H6O3S. The molecule has 0 saturated heterocycles. The zero-order valence-electron chi connectivity index (χ0n) is 7.10. The number of ketones is 1. The van der Waals surface area contributed by atoms with E-state index >= 15 is 0 Å². The van der Waals surface area contributed by atoms with Gasteiger partial charge in [0.25, 0.3) is 0 Å². The van der Waals surface area contributed by atoms with E-state index in [1.54, 1.807) is 23.6 Å². The molecule has 14 heavy (non-hydrogen) atoms. The fourth-order valence-corrected chi connectivity index (χ4v) is 1.83. The highest BCUT2D eigenvalue weighted by molar-refractivity contribution is 7.12. The topological polar surface area (TPSA) is 47.3 Å². The molecule has 0 atom stereocenters.